The molecule has 0 amide bonds. The molecular weight excluding hydrogens is 961 g/mol. The predicted molar refractivity (Wildman–Crippen MR) is 339 cm³/mol. The second kappa shape index (κ2) is 67.1. The van der Waals surface area contributed by atoms with Crippen molar-refractivity contribution in [2.45, 2.75) is 393 Å². The number of unbranched alkanes of at least 4 members (excludes halogenated alkanes) is 48. The molecule has 0 N–H and O–H groups in total. The van der Waals surface area contributed by atoms with Crippen LogP contribution in [0.4, 0.5) is 0 Å². The third kappa shape index (κ3) is 64.5. The van der Waals surface area contributed by atoms with Crippen LogP contribution in [0.1, 0.15) is 387 Å². The Labute approximate surface area is 486 Å². The summed E-state index contributed by atoms with van der Waals surface area (Å²) in [5, 5.41) is 0. The molecule has 0 spiro atoms. The van der Waals surface area contributed by atoms with Crippen LogP contribution in [0.25, 0.3) is 0 Å². The van der Waals surface area contributed by atoms with Crippen LogP contribution in [0.15, 0.2) is 36.5 Å². The van der Waals surface area contributed by atoms with Gasteiger partial charge in [-0.2, -0.15) is 0 Å². The lowest BCUT2D eigenvalue weighted by Gasteiger charge is -2.18. The number of ether oxygens (including phenoxy) is 3. The van der Waals surface area contributed by atoms with Crippen molar-refractivity contribution >= 4 is 17.9 Å². The zero-order valence-corrected chi connectivity index (χ0v) is 52.7. The summed E-state index contributed by atoms with van der Waals surface area (Å²) in [6, 6.07) is 0. The maximum absolute atomic E-state index is 12.9. The van der Waals surface area contributed by atoms with Crippen LogP contribution >= 0.6 is 0 Å². The van der Waals surface area contributed by atoms with Gasteiger partial charge in [0.15, 0.2) is 6.10 Å². The summed E-state index contributed by atoms with van der Waals surface area (Å²) in [5.41, 5.74) is 0. The van der Waals surface area contributed by atoms with Crippen molar-refractivity contribution in [1.29, 1.82) is 0 Å². The molecule has 0 saturated heterocycles. The summed E-state index contributed by atoms with van der Waals surface area (Å²) in [6.07, 6.45) is 83.2. The van der Waals surface area contributed by atoms with Crippen LogP contribution < -0.4 is 0 Å². The van der Waals surface area contributed by atoms with Crippen molar-refractivity contribution < 1.29 is 28.6 Å². The number of carbonyl (C=O) groups excluding carboxylic acids is 3. The summed E-state index contributed by atoms with van der Waals surface area (Å²) in [7, 11) is 0. The fourth-order valence-electron chi connectivity index (χ4n) is 10.5. The lowest BCUT2D eigenvalue weighted by molar-refractivity contribution is -0.167. The average molecular weight is 1100 g/mol. The molecule has 0 bridgehead atoms. The van der Waals surface area contributed by atoms with Gasteiger partial charge in [-0.15, -0.1) is 0 Å². The van der Waals surface area contributed by atoms with Gasteiger partial charge in [-0.3, -0.25) is 14.4 Å². The molecule has 1 unspecified atom stereocenters. The Morgan fingerprint density at radius 1 is 0.244 bits per heavy atom. The Balaban J connectivity index is 4.19. The molecule has 0 radical (unpaired) electrons. The zero-order valence-electron chi connectivity index (χ0n) is 52.7. The van der Waals surface area contributed by atoms with E-state index >= 15 is 0 Å². The van der Waals surface area contributed by atoms with E-state index in [0.29, 0.717) is 19.3 Å². The van der Waals surface area contributed by atoms with Crippen LogP contribution in [-0.2, 0) is 28.6 Å². The molecule has 6 nitrogen and oxygen atoms in total. The Morgan fingerprint density at radius 3 is 0.641 bits per heavy atom. The van der Waals surface area contributed by atoms with E-state index in [1.807, 2.05) is 0 Å². The maximum atomic E-state index is 12.9. The summed E-state index contributed by atoms with van der Waals surface area (Å²) in [4.78, 5) is 38.4. The number of rotatable bonds is 65. The topological polar surface area (TPSA) is 78.9 Å². The first-order chi connectivity index (χ1) is 38.5. The molecule has 0 fully saturated rings. The van der Waals surface area contributed by atoms with Gasteiger partial charge in [0.25, 0.3) is 0 Å². The third-order valence-corrected chi connectivity index (χ3v) is 15.8. The summed E-state index contributed by atoms with van der Waals surface area (Å²) in [6.45, 7) is 6.68. The monoisotopic (exact) mass is 1100 g/mol. The number of allylic oxidation sites excluding steroid dienone is 6. The van der Waals surface area contributed by atoms with Gasteiger partial charge in [0.05, 0.1) is 0 Å². The van der Waals surface area contributed by atoms with E-state index in [2.05, 4.69) is 57.2 Å². The fourth-order valence-corrected chi connectivity index (χ4v) is 10.5. The van der Waals surface area contributed by atoms with Crippen molar-refractivity contribution in [2.24, 2.45) is 0 Å². The Hall–Kier alpha value is -2.37. The zero-order chi connectivity index (χ0) is 56.4. The second-order valence-corrected chi connectivity index (χ2v) is 23.8. The minimum absolute atomic E-state index is 0.0723. The smallest absolute Gasteiger partial charge is 0.306 e. The lowest BCUT2D eigenvalue weighted by Crippen LogP contribution is -2.30. The summed E-state index contributed by atoms with van der Waals surface area (Å²) < 4.78 is 17.0. The minimum Gasteiger partial charge on any atom is -0.462 e. The highest BCUT2D eigenvalue weighted by molar-refractivity contribution is 5.71. The first-order valence-corrected chi connectivity index (χ1v) is 35.0. The van der Waals surface area contributed by atoms with Gasteiger partial charge in [0.2, 0.25) is 0 Å². The van der Waals surface area contributed by atoms with Gasteiger partial charge in [-0.05, 0) is 96.3 Å². The Kier molecular flexibility index (Phi) is 65.1. The number of esters is 3. The van der Waals surface area contributed by atoms with Crippen LogP contribution in [-0.4, -0.2) is 37.2 Å². The van der Waals surface area contributed by atoms with Crippen LogP contribution in [0.3, 0.4) is 0 Å². The largest absolute Gasteiger partial charge is 0.462 e. The molecule has 78 heavy (non-hydrogen) atoms. The molecule has 1 atom stereocenters. The quantitative estimate of drug-likeness (QED) is 0.0261. The van der Waals surface area contributed by atoms with Gasteiger partial charge in [0.1, 0.15) is 13.2 Å². The number of hydrogen-bond donors (Lipinski definition) is 0. The first-order valence-electron chi connectivity index (χ1n) is 35.0. The molecule has 0 aromatic heterocycles. The number of hydrogen-bond acceptors (Lipinski definition) is 6. The average Bonchev–Trinajstić information content (AvgIpc) is 3.44. The van der Waals surface area contributed by atoms with E-state index in [-0.39, 0.29) is 31.1 Å². The van der Waals surface area contributed by atoms with E-state index in [1.165, 1.54) is 283 Å². The van der Waals surface area contributed by atoms with Gasteiger partial charge in [-0.25, -0.2) is 0 Å². The van der Waals surface area contributed by atoms with Gasteiger partial charge in [0, 0.05) is 19.3 Å². The van der Waals surface area contributed by atoms with E-state index in [4.69, 9.17) is 14.2 Å². The van der Waals surface area contributed by atoms with Gasteiger partial charge in [-0.1, -0.05) is 308 Å². The lowest BCUT2D eigenvalue weighted by atomic mass is 10.0. The summed E-state index contributed by atoms with van der Waals surface area (Å²) in [5.74, 6) is -0.860. The van der Waals surface area contributed by atoms with E-state index in [1.54, 1.807) is 0 Å². The van der Waals surface area contributed by atoms with Crippen LogP contribution in [0, 0.1) is 0 Å². The van der Waals surface area contributed by atoms with Crippen molar-refractivity contribution in [2.75, 3.05) is 13.2 Å². The maximum Gasteiger partial charge on any atom is 0.306 e. The van der Waals surface area contributed by atoms with E-state index in [9.17, 15) is 14.4 Å². The Morgan fingerprint density at radius 2 is 0.423 bits per heavy atom. The van der Waals surface area contributed by atoms with Crippen LogP contribution in [0.2, 0.25) is 0 Å². The SMILES string of the molecule is CCCCCCC/C=C\CCCCCCCC(=O)OCC(COC(=O)CCCCCCCCCCCCCCCCCCC/C=C\CCCCCCCCCC)OC(=O)CCCCCCCCC/C=C\CCCCCCCC. The van der Waals surface area contributed by atoms with Gasteiger partial charge < -0.3 is 14.2 Å². The van der Waals surface area contributed by atoms with Crippen LogP contribution in [0.5, 0.6) is 0 Å². The summed E-state index contributed by atoms with van der Waals surface area (Å²) >= 11 is 0. The van der Waals surface area contributed by atoms with Crippen molar-refractivity contribution in [3.8, 4) is 0 Å². The molecule has 0 rings (SSSR count). The van der Waals surface area contributed by atoms with E-state index < -0.39 is 6.10 Å². The molecule has 0 aliphatic rings. The first kappa shape index (κ1) is 75.6. The molecule has 0 saturated carbocycles. The van der Waals surface area contributed by atoms with Crippen molar-refractivity contribution in [3.05, 3.63) is 36.5 Å². The third-order valence-electron chi connectivity index (χ3n) is 15.8. The van der Waals surface area contributed by atoms with Crippen molar-refractivity contribution in [3.63, 3.8) is 0 Å². The standard InChI is InChI=1S/C72H134O6/c1-4-7-10-13-16-19-22-25-28-30-31-32-33-34-35-36-37-38-39-40-41-43-44-47-50-53-56-59-62-65-71(74)77-68-69(67-76-70(73)64-61-58-55-52-49-46-27-24-21-18-15-12-9-6-3)78-72(75)66-63-60-57-54-51-48-45-42-29-26-23-20-17-14-11-8-5-2/h24,26-27,29-31,69H,4-23,25,28,32-68H2,1-3H3/b27-24-,29-26-,31-30-. The fraction of sp³-hybridized carbons (Fsp3) is 0.875. The molecule has 6 heteroatoms. The predicted octanol–water partition coefficient (Wildman–Crippen LogP) is 23.9. The Bertz CT molecular complexity index is 1300. The molecule has 0 aliphatic carbocycles. The highest BCUT2D eigenvalue weighted by Crippen LogP contribution is 2.18. The molecule has 0 aliphatic heterocycles. The molecule has 0 aromatic rings. The minimum atomic E-state index is -0.777. The number of carbonyl (C=O) groups is 3. The molecular formula is C72H134O6. The highest BCUT2D eigenvalue weighted by atomic mass is 16.6. The van der Waals surface area contributed by atoms with Gasteiger partial charge >= 0.3 is 17.9 Å². The van der Waals surface area contributed by atoms with E-state index in [0.717, 1.165) is 64.2 Å². The van der Waals surface area contributed by atoms with Crippen molar-refractivity contribution in [1.82, 2.24) is 0 Å². The highest BCUT2D eigenvalue weighted by Gasteiger charge is 2.19. The molecule has 0 heterocycles. The molecule has 458 valence electrons. The normalized spacial score (nSPS) is 12.2. The molecule has 0 aromatic carbocycles. The second-order valence-electron chi connectivity index (χ2n) is 23.8.